The van der Waals surface area contributed by atoms with E-state index in [2.05, 4.69) is 47.1 Å². The van der Waals surface area contributed by atoms with Gasteiger partial charge in [0.15, 0.2) is 5.82 Å². The molecule has 3 heterocycles. The molecule has 2 aromatic heterocycles. The Bertz CT molecular complexity index is 744. The molecule has 2 N–H and O–H groups in total. The van der Waals surface area contributed by atoms with Crippen LogP contribution >= 0.6 is 15.9 Å². The highest BCUT2D eigenvalue weighted by molar-refractivity contribution is 9.09. The molecule has 5 nitrogen and oxygen atoms in total. The van der Waals surface area contributed by atoms with E-state index in [1.165, 1.54) is 5.69 Å². The van der Waals surface area contributed by atoms with E-state index in [-0.39, 0.29) is 0 Å². The number of aromatic nitrogens is 4. The van der Waals surface area contributed by atoms with Crippen LogP contribution in [0.1, 0.15) is 11.4 Å². The molecule has 1 aliphatic rings. The number of imidazole rings is 1. The molecule has 96 valence electrons. The highest BCUT2D eigenvalue weighted by Crippen LogP contribution is 2.25. The second kappa shape index (κ2) is 4.18. The molecule has 6 heteroatoms. The molecule has 0 bridgehead atoms. The van der Waals surface area contributed by atoms with E-state index < -0.39 is 0 Å². The molecular weight excluding hydrogens is 306 g/mol. The highest BCUT2D eigenvalue weighted by atomic mass is 79.9. The molecule has 1 atom stereocenters. The molecule has 19 heavy (non-hydrogen) atoms. The topological polar surface area (TPSA) is 58.5 Å². The largest absolute Gasteiger partial charge is 0.299 e. The normalized spacial score (nSPS) is 18.7. The number of nitrogens with one attached hydrogen (secondary N) is 2. The fourth-order valence-corrected chi connectivity index (χ4v) is 3.01. The lowest BCUT2D eigenvalue weighted by Crippen LogP contribution is -2.31. The number of fused-ring (bicyclic) bond motifs is 2. The Hall–Kier alpha value is -1.66. The van der Waals surface area contributed by atoms with Gasteiger partial charge in [-0.15, -0.1) is 0 Å². The smallest absolute Gasteiger partial charge is 0.167 e. The van der Waals surface area contributed by atoms with Crippen LogP contribution in [0.25, 0.3) is 16.7 Å². The number of rotatable bonds is 1. The van der Waals surface area contributed by atoms with Gasteiger partial charge in [0.05, 0.1) is 21.9 Å². The summed E-state index contributed by atoms with van der Waals surface area (Å²) in [4.78, 5) is 4.77. The fourth-order valence-electron chi connectivity index (χ4n) is 2.54. The lowest BCUT2D eigenvalue weighted by atomic mass is 10.1. The van der Waals surface area contributed by atoms with Crippen LogP contribution in [0.2, 0.25) is 0 Å². The maximum Gasteiger partial charge on any atom is 0.167 e. The van der Waals surface area contributed by atoms with Gasteiger partial charge in [-0.3, -0.25) is 15.0 Å². The Morgan fingerprint density at radius 3 is 3.16 bits per heavy atom. The van der Waals surface area contributed by atoms with Crippen molar-refractivity contribution in [2.24, 2.45) is 0 Å². The van der Waals surface area contributed by atoms with Crippen LogP contribution in [0, 0.1) is 0 Å². The number of benzene rings is 1. The summed E-state index contributed by atoms with van der Waals surface area (Å²) in [6.45, 7) is 0.792. The van der Waals surface area contributed by atoms with Crippen molar-refractivity contribution in [1.82, 2.24) is 25.1 Å². The van der Waals surface area contributed by atoms with Crippen molar-refractivity contribution in [2.45, 2.75) is 17.9 Å². The number of aromatic amines is 1. The molecule has 3 aromatic rings. The number of hydrogen-bond donors (Lipinski definition) is 2. The SMILES string of the molecule is BrC1Cc2c(ncn2-c2n[nH]c3ccccc23)CN1. The van der Waals surface area contributed by atoms with Gasteiger partial charge in [-0.1, -0.05) is 28.1 Å². The summed E-state index contributed by atoms with van der Waals surface area (Å²) in [7, 11) is 0. The zero-order valence-electron chi connectivity index (χ0n) is 10.1. The standard InChI is InChI=1S/C13H12BrN5/c14-12-5-11-10(6-15-12)16-7-19(11)13-8-3-1-2-4-9(8)17-18-13/h1-4,7,12,15H,5-6H2,(H,17,18). The molecule has 0 fully saturated rings. The Morgan fingerprint density at radius 2 is 2.21 bits per heavy atom. The van der Waals surface area contributed by atoms with Gasteiger partial charge in [-0.05, 0) is 12.1 Å². The van der Waals surface area contributed by atoms with E-state index >= 15 is 0 Å². The summed E-state index contributed by atoms with van der Waals surface area (Å²) in [6.07, 6.45) is 2.76. The molecule has 0 spiro atoms. The van der Waals surface area contributed by atoms with E-state index in [0.717, 1.165) is 35.4 Å². The summed E-state index contributed by atoms with van der Waals surface area (Å²) in [5.41, 5.74) is 3.37. The van der Waals surface area contributed by atoms with Gasteiger partial charge in [-0.25, -0.2) is 4.98 Å². The lowest BCUT2D eigenvalue weighted by Gasteiger charge is -2.19. The van der Waals surface area contributed by atoms with Crippen molar-refractivity contribution >= 4 is 26.8 Å². The van der Waals surface area contributed by atoms with Crippen LogP contribution in [-0.2, 0) is 13.0 Å². The number of hydrogen-bond acceptors (Lipinski definition) is 3. The van der Waals surface area contributed by atoms with E-state index in [0.29, 0.717) is 4.95 Å². The molecule has 0 radical (unpaired) electrons. The van der Waals surface area contributed by atoms with Gasteiger partial charge in [0, 0.05) is 18.4 Å². The van der Waals surface area contributed by atoms with Gasteiger partial charge in [0.1, 0.15) is 6.33 Å². The molecule has 0 saturated heterocycles. The summed E-state index contributed by atoms with van der Waals surface area (Å²) in [5, 5.41) is 12.0. The van der Waals surface area contributed by atoms with E-state index in [1.807, 2.05) is 24.5 Å². The number of nitrogens with zero attached hydrogens (tertiary/aromatic N) is 3. The second-order valence-electron chi connectivity index (χ2n) is 4.65. The third-order valence-corrected chi connectivity index (χ3v) is 4.14. The summed E-state index contributed by atoms with van der Waals surface area (Å²) in [5.74, 6) is 0.922. The van der Waals surface area contributed by atoms with E-state index in [4.69, 9.17) is 0 Å². The first-order valence-electron chi connectivity index (χ1n) is 6.19. The summed E-state index contributed by atoms with van der Waals surface area (Å²) in [6, 6.07) is 8.14. The zero-order valence-corrected chi connectivity index (χ0v) is 11.7. The van der Waals surface area contributed by atoms with Gasteiger partial charge in [-0.2, -0.15) is 5.10 Å². The first kappa shape index (κ1) is 11.2. The molecule has 0 saturated carbocycles. The lowest BCUT2D eigenvalue weighted by molar-refractivity contribution is 0.591. The minimum atomic E-state index is 0.292. The predicted molar refractivity (Wildman–Crippen MR) is 76.5 cm³/mol. The maximum absolute atomic E-state index is 4.48. The third kappa shape index (κ3) is 1.71. The monoisotopic (exact) mass is 317 g/mol. The molecule has 4 rings (SSSR count). The molecule has 0 amide bonds. The van der Waals surface area contributed by atoms with E-state index in [1.54, 1.807) is 0 Å². The molecular formula is C13H12BrN5. The van der Waals surface area contributed by atoms with Crippen LogP contribution in [-0.4, -0.2) is 24.7 Å². The zero-order chi connectivity index (χ0) is 12.8. The Balaban J connectivity index is 1.91. The quantitative estimate of drug-likeness (QED) is 0.534. The van der Waals surface area contributed by atoms with Gasteiger partial charge >= 0.3 is 0 Å². The fraction of sp³-hybridized carbons (Fsp3) is 0.231. The number of halogens is 1. The Morgan fingerprint density at radius 1 is 1.32 bits per heavy atom. The van der Waals surface area contributed by atoms with Crippen LogP contribution in [0.4, 0.5) is 0 Å². The summed E-state index contributed by atoms with van der Waals surface area (Å²) < 4.78 is 2.09. The van der Waals surface area contributed by atoms with Gasteiger partial charge in [0.25, 0.3) is 0 Å². The van der Waals surface area contributed by atoms with Crippen LogP contribution in [0.3, 0.4) is 0 Å². The van der Waals surface area contributed by atoms with Gasteiger partial charge in [0.2, 0.25) is 0 Å². The number of alkyl halides is 1. The van der Waals surface area contributed by atoms with Crippen LogP contribution in [0.15, 0.2) is 30.6 Å². The Kier molecular flexibility index (Phi) is 2.46. The minimum absolute atomic E-state index is 0.292. The predicted octanol–water partition coefficient (Wildman–Crippen LogP) is 2.12. The summed E-state index contributed by atoms with van der Waals surface area (Å²) >= 11 is 3.61. The van der Waals surface area contributed by atoms with Crippen molar-refractivity contribution < 1.29 is 0 Å². The highest BCUT2D eigenvalue weighted by Gasteiger charge is 2.22. The van der Waals surface area contributed by atoms with Crippen molar-refractivity contribution in [1.29, 1.82) is 0 Å². The van der Waals surface area contributed by atoms with Crippen molar-refractivity contribution in [3.8, 4) is 5.82 Å². The molecule has 0 aliphatic carbocycles. The minimum Gasteiger partial charge on any atom is -0.299 e. The average molecular weight is 318 g/mol. The molecule has 1 aliphatic heterocycles. The third-order valence-electron chi connectivity index (χ3n) is 3.49. The average Bonchev–Trinajstić information content (AvgIpc) is 3.01. The van der Waals surface area contributed by atoms with E-state index in [9.17, 15) is 0 Å². The first-order valence-corrected chi connectivity index (χ1v) is 7.10. The Labute approximate surface area is 118 Å². The molecule has 1 unspecified atom stereocenters. The maximum atomic E-state index is 4.48. The van der Waals surface area contributed by atoms with Crippen LogP contribution < -0.4 is 5.32 Å². The molecule has 1 aromatic carbocycles. The second-order valence-corrected chi connectivity index (χ2v) is 5.76. The first-order chi connectivity index (χ1) is 9.33. The number of para-hydroxylation sites is 1. The van der Waals surface area contributed by atoms with Crippen LogP contribution in [0.5, 0.6) is 0 Å². The van der Waals surface area contributed by atoms with Crippen molar-refractivity contribution in [2.75, 3.05) is 0 Å². The van der Waals surface area contributed by atoms with Gasteiger partial charge < -0.3 is 0 Å². The number of H-pyrrole nitrogens is 1. The van der Waals surface area contributed by atoms with Crippen molar-refractivity contribution in [3.05, 3.63) is 42.0 Å². The van der Waals surface area contributed by atoms with Crippen molar-refractivity contribution in [3.63, 3.8) is 0 Å².